The maximum atomic E-state index is 13.3. The van der Waals surface area contributed by atoms with E-state index in [-0.39, 0.29) is 18.0 Å². The Balaban J connectivity index is 2.24. The molecule has 2 rings (SSSR count). The van der Waals surface area contributed by atoms with Crippen LogP contribution in [0.4, 0.5) is 4.39 Å². The minimum atomic E-state index is -0.363. The van der Waals surface area contributed by atoms with Crippen LogP contribution >= 0.6 is 15.9 Å². The van der Waals surface area contributed by atoms with E-state index in [0.29, 0.717) is 15.7 Å². The lowest BCUT2D eigenvalue weighted by Crippen LogP contribution is -2.07. The summed E-state index contributed by atoms with van der Waals surface area (Å²) in [5.74, 6) is -0.484. The topological polar surface area (TPSA) is 30.0 Å². The number of carbonyl (C=O) groups excluding carboxylic acids is 1. The van der Waals surface area contributed by atoms with E-state index in [0.717, 1.165) is 5.56 Å². The van der Waals surface area contributed by atoms with Crippen molar-refractivity contribution in [2.75, 3.05) is 0 Å². The van der Waals surface area contributed by atoms with Crippen molar-refractivity contribution in [3.63, 3.8) is 0 Å². The molecular formula is C14H11BrFNO. The van der Waals surface area contributed by atoms with Crippen molar-refractivity contribution in [3.05, 3.63) is 63.6 Å². The average Bonchev–Trinajstić information content (AvgIpc) is 2.35. The van der Waals surface area contributed by atoms with Crippen molar-refractivity contribution in [2.45, 2.75) is 13.3 Å². The molecule has 0 spiro atoms. The molecule has 0 aliphatic carbocycles. The molecule has 0 aliphatic heterocycles. The average molecular weight is 308 g/mol. The van der Waals surface area contributed by atoms with E-state index in [4.69, 9.17) is 0 Å². The van der Waals surface area contributed by atoms with Gasteiger partial charge in [-0.25, -0.2) is 4.39 Å². The fourth-order valence-corrected chi connectivity index (χ4v) is 2.04. The van der Waals surface area contributed by atoms with E-state index < -0.39 is 0 Å². The predicted molar refractivity (Wildman–Crippen MR) is 71.1 cm³/mol. The van der Waals surface area contributed by atoms with Gasteiger partial charge < -0.3 is 0 Å². The number of hydrogen-bond donors (Lipinski definition) is 0. The predicted octanol–water partition coefficient (Wildman–Crippen LogP) is 3.72. The van der Waals surface area contributed by atoms with Crippen molar-refractivity contribution in [1.29, 1.82) is 0 Å². The lowest BCUT2D eigenvalue weighted by molar-refractivity contribution is 0.0988. The molecule has 0 atom stereocenters. The zero-order chi connectivity index (χ0) is 13.1. The molecule has 4 heteroatoms. The lowest BCUT2D eigenvalue weighted by atomic mass is 10.1. The molecule has 0 unspecified atom stereocenters. The number of pyridine rings is 1. The van der Waals surface area contributed by atoms with Gasteiger partial charge in [0, 0.05) is 12.6 Å². The number of halogens is 2. The molecule has 0 bridgehead atoms. The highest BCUT2D eigenvalue weighted by atomic mass is 79.9. The Bertz CT molecular complexity index is 598. The number of carbonyl (C=O) groups is 1. The highest BCUT2D eigenvalue weighted by Gasteiger charge is 2.12. The molecule has 1 aromatic carbocycles. The van der Waals surface area contributed by atoms with Gasteiger partial charge in [0.1, 0.15) is 11.5 Å². The second-order valence-corrected chi connectivity index (χ2v) is 4.82. The van der Waals surface area contributed by atoms with Gasteiger partial charge in [0.05, 0.1) is 4.47 Å². The van der Waals surface area contributed by atoms with Gasteiger partial charge in [-0.2, -0.15) is 0 Å². The maximum absolute atomic E-state index is 13.3. The molecule has 1 aromatic heterocycles. The van der Waals surface area contributed by atoms with Gasteiger partial charge in [-0.15, -0.1) is 0 Å². The largest absolute Gasteiger partial charge is 0.292 e. The summed E-state index contributed by atoms with van der Waals surface area (Å²) in [7, 11) is 0. The molecule has 0 radical (unpaired) electrons. The van der Waals surface area contributed by atoms with Crippen molar-refractivity contribution >= 4 is 21.7 Å². The van der Waals surface area contributed by atoms with Gasteiger partial charge in [-0.05, 0) is 52.2 Å². The van der Waals surface area contributed by atoms with Gasteiger partial charge in [-0.1, -0.05) is 12.1 Å². The first-order chi connectivity index (χ1) is 8.58. The second kappa shape index (κ2) is 5.40. The molecule has 2 aromatic rings. The van der Waals surface area contributed by atoms with Crippen LogP contribution in [0.15, 0.2) is 41.0 Å². The lowest BCUT2D eigenvalue weighted by Gasteiger charge is -2.05. The van der Waals surface area contributed by atoms with E-state index in [9.17, 15) is 9.18 Å². The van der Waals surface area contributed by atoms with Crippen LogP contribution in [0, 0.1) is 12.7 Å². The van der Waals surface area contributed by atoms with E-state index in [1.165, 1.54) is 6.07 Å². The number of nitrogens with zero attached hydrogens (tertiary/aromatic N) is 1. The summed E-state index contributed by atoms with van der Waals surface area (Å²) in [6, 6.07) is 8.22. The SMILES string of the molecule is Cc1ccnc(C(=O)Cc2cccc(F)c2Br)c1. The monoisotopic (exact) mass is 307 g/mol. The molecular weight excluding hydrogens is 297 g/mol. The number of benzene rings is 1. The number of rotatable bonds is 3. The zero-order valence-corrected chi connectivity index (χ0v) is 11.4. The van der Waals surface area contributed by atoms with Crippen molar-refractivity contribution in [3.8, 4) is 0 Å². The summed E-state index contributed by atoms with van der Waals surface area (Å²) >= 11 is 3.15. The molecule has 0 saturated carbocycles. The molecule has 0 aliphatic rings. The van der Waals surface area contributed by atoms with Crippen LogP contribution in [0.25, 0.3) is 0 Å². The van der Waals surface area contributed by atoms with Crippen LogP contribution in [0.2, 0.25) is 0 Å². The van der Waals surface area contributed by atoms with E-state index in [2.05, 4.69) is 20.9 Å². The van der Waals surface area contributed by atoms with E-state index >= 15 is 0 Å². The van der Waals surface area contributed by atoms with Crippen LogP contribution in [0.3, 0.4) is 0 Å². The molecule has 1 heterocycles. The minimum Gasteiger partial charge on any atom is -0.292 e. The van der Waals surface area contributed by atoms with E-state index in [1.807, 2.05) is 13.0 Å². The van der Waals surface area contributed by atoms with Gasteiger partial charge in [-0.3, -0.25) is 9.78 Å². The number of Topliss-reactive ketones (excluding diaryl/α,β-unsaturated/α-hetero) is 1. The first kappa shape index (κ1) is 12.9. The molecule has 2 nitrogen and oxygen atoms in total. The normalized spacial score (nSPS) is 10.4. The van der Waals surface area contributed by atoms with Crippen LogP contribution in [0.5, 0.6) is 0 Å². The Kier molecular flexibility index (Phi) is 3.87. The Labute approximate surface area is 113 Å². The van der Waals surface area contributed by atoms with E-state index in [1.54, 1.807) is 24.4 Å². The summed E-state index contributed by atoms with van der Waals surface area (Å²) in [5.41, 5.74) is 2.01. The maximum Gasteiger partial charge on any atom is 0.185 e. The first-order valence-electron chi connectivity index (χ1n) is 5.46. The number of aryl methyl sites for hydroxylation is 1. The van der Waals surface area contributed by atoms with Crippen molar-refractivity contribution in [1.82, 2.24) is 4.98 Å². The van der Waals surface area contributed by atoms with Gasteiger partial charge in [0.2, 0.25) is 0 Å². The van der Waals surface area contributed by atoms with Crippen LogP contribution in [-0.4, -0.2) is 10.8 Å². The van der Waals surface area contributed by atoms with Crippen molar-refractivity contribution in [2.24, 2.45) is 0 Å². The zero-order valence-electron chi connectivity index (χ0n) is 9.78. The molecule has 18 heavy (non-hydrogen) atoms. The smallest absolute Gasteiger partial charge is 0.185 e. The molecule has 0 saturated heterocycles. The van der Waals surface area contributed by atoms with Gasteiger partial charge >= 0.3 is 0 Å². The third-order valence-electron chi connectivity index (χ3n) is 2.58. The summed E-state index contributed by atoms with van der Waals surface area (Å²) in [5, 5.41) is 0. The third-order valence-corrected chi connectivity index (χ3v) is 3.47. The second-order valence-electron chi connectivity index (χ2n) is 4.03. The Morgan fingerprint density at radius 2 is 2.17 bits per heavy atom. The Morgan fingerprint density at radius 3 is 2.89 bits per heavy atom. The first-order valence-corrected chi connectivity index (χ1v) is 6.26. The Hall–Kier alpha value is -1.55. The standard InChI is InChI=1S/C14H11BrFNO/c1-9-5-6-17-12(7-9)13(18)8-10-3-2-4-11(16)14(10)15/h2-7H,8H2,1H3. The number of ketones is 1. The van der Waals surface area contributed by atoms with Crippen LogP contribution in [-0.2, 0) is 6.42 Å². The highest BCUT2D eigenvalue weighted by molar-refractivity contribution is 9.10. The van der Waals surface area contributed by atoms with Crippen LogP contribution < -0.4 is 0 Å². The minimum absolute atomic E-state index is 0.120. The molecule has 0 amide bonds. The highest BCUT2D eigenvalue weighted by Crippen LogP contribution is 2.21. The Morgan fingerprint density at radius 1 is 1.39 bits per heavy atom. The third kappa shape index (κ3) is 2.82. The molecule has 92 valence electrons. The summed E-state index contributed by atoms with van der Waals surface area (Å²) in [6.07, 6.45) is 1.73. The fraction of sp³-hybridized carbons (Fsp3) is 0.143. The summed E-state index contributed by atoms with van der Waals surface area (Å²) in [6.45, 7) is 1.90. The van der Waals surface area contributed by atoms with Gasteiger partial charge in [0.25, 0.3) is 0 Å². The molecule has 0 fully saturated rings. The quantitative estimate of drug-likeness (QED) is 0.809. The number of aromatic nitrogens is 1. The summed E-state index contributed by atoms with van der Waals surface area (Å²) < 4.78 is 13.7. The fourth-order valence-electron chi connectivity index (χ4n) is 1.64. The summed E-state index contributed by atoms with van der Waals surface area (Å²) in [4.78, 5) is 16.1. The number of hydrogen-bond acceptors (Lipinski definition) is 2. The van der Waals surface area contributed by atoms with Crippen LogP contribution in [0.1, 0.15) is 21.6 Å². The van der Waals surface area contributed by atoms with Gasteiger partial charge in [0.15, 0.2) is 5.78 Å². The molecule has 0 N–H and O–H groups in total. The van der Waals surface area contributed by atoms with Crippen molar-refractivity contribution < 1.29 is 9.18 Å².